The number of hydrogen-bond donors (Lipinski definition) is 1. The number of aromatic nitrogens is 2. The lowest BCUT2D eigenvalue weighted by Gasteiger charge is -2.14. The molecule has 0 aliphatic heterocycles. The molecule has 0 bridgehead atoms. The highest BCUT2D eigenvalue weighted by atomic mass is 32.2. The summed E-state index contributed by atoms with van der Waals surface area (Å²) in [5.74, 6) is -0.822. The maximum Gasteiger partial charge on any atom is 0.266 e. The van der Waals surface area contributed by atoms with Gasteiger partial charge < -0.3 is 10.1 Å². The third-order valence-corrected chi connectivity index (χ3v) is 6.28. The number of amides is 1. The summed E-state index contributed by atoms with van der Waals surface area (Å²) in [6, 6.07) is 25.8. The van der Waals surface area contributed by atoms with E-state index in [9.17, 15) is 18.4 Å². The zero-order chi connectivity index (χ0) is 25.8. The van der Waals surface area contributed by atoms with E-state index in [4.69, 9.17) is 4.74 Å². The average molecular weight is 516 g/mol. The summed E-state index contributed by atoms with van der Waals surface area (Å²) in [4.78, 5) is 30.4. The van der Waals surface area contributed by atoms with Crippen LogP contribution in [-0.4, -0.2) is 21.2 Å². The SMILES string of the molecule is O=C(CSc1nc2ccccc2c(=O)n1-c1ccc(F)cc1F)Nc1ccc(Oc2ccccc2)cc1. The molecule has 184 valence electrons. The van der Waals surface area contributed by atoms with Crippen LogP contribution in [0.2, 0.25) is 0 Å². The Morgan fingerprint density at radius 2 is 1.59 bits per heavy atom. The number of benzene rings is 4. The zero-order valence-corrected chi connectivity index (χ0v) is 20.0. The number of fused-ring (bicyclic) bond motifs is 1. The van der Waals surface area contributed by atoms with Crippen molar-refractivity contribution in [1.82, 2.24) is 9.55 Å². The van der Waals surface area contributed by atoms with Crippen LogP contribution in [0.15, 0.2) is 107 Å². The summed E-state index contributed by atoms with van der Waals surface area (Å²) in [6.45, 7) is 0. The molecule has 1 amide bonds. The predicted molar refractivity (Wildman–Crippen MR) is 140 cm³/mol. The third-order valence-electron chi connectivity index (χ3n) is 5.34. The first-order chi connectivity index (χ1) is 18.0. The van der Waals surface area contributed by atoms with E-state index in [1.807, 2.05) is 30.3 Å². The molecule has 0 saturated heterocycles. The van der Waals surface area contributed by atoms with Gasteiger partial charge in [-0.05, 0) is 60.7 Å². The number of para-hydroxylation sites is 2. The van der Waals surface area contributed by atoms with E-state index in [2.05, 4.69) is 10.3 Å². The van der Waals surface area contributed by atoms with E-state index in [-0.39, 0.29) is 27.9 Å². The molecule has 5 aromatic rings. The topological polar surface area (TPSA) is 73.2 Å². The fourth-order valence-corrected chi connectivity index (χ4v) is 4.45. The largest absolute Gasteiger partial charge is 0.457 e. The molecule has 1 aromatic heterocycles. The van der Waals surface area contributed by atoms with Crippen molar-refractivity contribution in [3.8, 4) is 17.2 Å². The number of carbonyl (C=O) groups excluding carboxylic acids is 1. The lowest BCUT2D eigenvalue weighted by atomic mass is 10.2. The monoisotopic (exact) mass is 515 g/mol. The molecule has 0 aliphatic rings. The molecule has 0 radical (unpaired) electrons. The van der Waals surface area contributed by atoms with Gasteiger partial charge in [0.05, 0.1) is 22.3 Å². The molecule has 5 rings (SSSR count). The summed E-state index contributed by atoms with van der Waals surface area (Å²) < 4.78 is 34.9. The molecule has 0 fully saturated rings. The smallest absolute Gasteiger partial charge is 0.266 e. The van der Waals surface area contributed by atoms with Crippen molar-refractivity contribution in [1.29, 1.82) is 0 Å². The molecule has 0 unspecified atom stereocenters. The third kappa shape index (κ3) is 5.52. The van der Waals surface area contributed by atoms with Crippen LogP contribution >= 0.6 is 11.8 Å². The van der Waals surface area contributed by atoms with E-state index >= 15 is 0 Å². The van der Waals surface area contributed by atoms with Crippen LogP contribution in [0.25, 0.3) is 16.6 Å². The van der Waals surface area contributed by atoms with Gasteiger partial charge in [-0.1, -0.05) is 42.1 Å². The standard InChI is InChI=1S/C28H19F2N3O3S/c29-18-10-15-25(23(30)16-18)33-27(35)22-8-4-5-9-24(22)32-28(33)37-17-26(34)31-19-11-13-21(14-12-19)36-20-6-2-1-3-7-20/h1-16H,17H2,(H,31,34). The highest BCUT2D eigenvalue weighted by Gasteiger charge is 2.18. The van der Waals surface area contributed by atoms with Crippen LogP contribution < -0.4 is 15.6 Å². The quantitative estimate of drug-likeness (QED) is 0.207. The second-order valence-corrected chi connectivity index (χ2v) is 8.87. The van der Waals surface area contributed by atoms with Crippen LogP contribution in [-0.2, 0) is 4.79 Å². The Bertz CT molecular complexity index is 1640. The summed E-state index contributed by atoms with van der Waals surface area (Å²) in [5.41, 5.74) is 0.289. The number of anilines is 1. The van der Waals surface area contributed by atoms with Crippen molar-refractivity contribution < 1.29 is 18.3 Å². The van der Waals surface area contributed by atoms with E-state index in [0.29, 0.717) is 28.8 Å². The van der Waals surface area contributed by atoms with Gasteiger partial charge in [0.25, 0.3) is 5.56 Å². The van der Waals surface area contributed by atoms with Gasteiger partial charge in [0.2, 0.25) is 5.91 Å². The fraction of sp³-hybridized carbons (Fsp3) is 0.0357. The predicted octanol–water partition coefficient (Wildman–Crippen LogP) is 6.19. The summed E-state index contributed by atoms with van der Waals surface area (Å²) in [6.07, 6.45) is 0. The minimum absolute atomic E-state index is 0.101. The second kappa shape index (κ2) is 10.6. The Balaban J connectivity index is 1.35. The van der Waals surface area contributed by atoms with Crippen molar-refractivity contribution in [2.75, 3.05) is 11.1 Å². The van der Waals surface area contributed by atoms with Gasteiger partial charge in [-0.2, -0.15) is 0 Å². The molecule has 9 heteroatoms. The van der Waals surface area contributed by atoms with Gasteiger partial charge in [-0.25, -0.2) is 13.8 Å². The van der Waals surface area contributed by atoms with Gasteiger partial charge in [-0.3, -0.25) is 14.2 Å². The molecule has 0 aliphatic carbocycles. The van der Waals surface area contributed by atoms with E-state index in [1.165, 1.54) is 6.07 Å². The first-order valence-corrected chi connectivity index (χ1v) is 12.2. The number of thioether (sulfide) groups is 1. The van der Waals surface area contributed by atoms with Gasteiger partial charge >= 0.3 is 0 Å². The molecule has 37 heavy (non-hydrogen) atoms. The number of nitrogens with one attached hydrogen (secondary N) is 1. The second-order valence-electron chi connectivity index (χ2n) is 7.92. The van der Waals surface area contributed by atoms with Crippen molar-refractivity contribution in [3.05, 3.63) is 119 Å². The molecule has 1 heterocycles. The zero-order valence-electron chi connectivity index (χ0n) is 19.2. The van der Waals surface area contributed by atoms with Crippen LogP contribution in [0.1, 0.15) is 0 Å². The van der Waals surface area contributed by atoms with Crippen molar-refractivity contribution >= 4 is 34.3 Å². The van der Waals surface area contributed by atoms with Crippen molar-refractivity contribution in [2.24, 2.45) is 0 Å². The van der Waals surface area contributed by atoms with Crippen molar-refractivity contribution in [2.45, 2.75) is 5.16 Å². The molecular weight excluding hydrogens is 496 g/mol. The van der Waals surface area contributed by atoms with Crippen LogP contribution in [0.4, 0.5) is 14.5 Å². The van der Waals surface area contributed by atoms with E-state index < -0.39 is 17.2 Å². The molecular formula is C28H19F2N3O3S. The highest BCUT2D eigenvalue weighted by molar-refractivity contribution is 7.99. The fourth-order valence-electron chi connectivity index (χ4n) is 3.64. The number of nitrogens with zero attached hydrogens (tertiary/aromatic N) is 2. The Kier molecular flexibility index (Phi) is 6.96. The van der Waals surface area contributed by atoms with Gasteiger partial charge in [0.1, 0.15) is 23.1 Å². The number of ether oxygens (including phenoxy) is 1. The molecule has 4 aromatic carbocycles. The number of hydrogen-bond acceptors (Lipinski definition) is 5. The first-order valence-electron chi connectivity index (χ1n) is 11.2. The first kappa shape index (κ1) is 24.2. The molecule has 0 atom stereocenters. The Morgan fingerprint density at radius 1 is 0.892 bits per heavy atom. The molecule has 1 N–H and O–H groups in total. The normalized spacial score (nSPS) is 10.9. The minimum atomic E-state index is -0.914. The number of rotatable bonds is 7. The van der Waals surface area contributed by atoms with E-state index in [1.54, 1.807) is 48.5 Å². The summed E-state index contributed by atoms with van der Waals surface area (Å²) in [5, 5.41) is 3.16. The Labute approximate surface area is 214 Å². The van der Waals surface area contributed by atoms with E-state index in [0.717, 1.165) is 22.4 Å². The van der Waals surface area contributed by atoms with Gasteiger partial charge in [-0.15, -0.1) is 0 Å². The lowest BCUT2D eigenvalue weighted by molar-refractivity contribution is -0.113. The van der Waals surface area contributed by atoms with Crippen LogP contribution in [0.3, 0.4) is 0 Å². The van der Waals surface area contributed by atoms with Gasteiger partial charge in [0.15, 0.2) is 5.16 Å². The Hall–Kier alpha value is -4.50. The number of carbonyl (C=O) groups is 1. The number of halogens is 2. The minimum Gasteiger partial charge on any atom is -0.457 e. The maximum atomic E-state index is 14.6. The summed E-state index contributed by atoms with van der Waals surface area (Å²) >= 11 is 0.971. The highest BCUT2D eigenvalue weighted by Crippen LogP contribution is 2.25. The van der Waals surface area contributed by atoms with Gasteiger partial charge in [0, 0.05) is 11.8 Å². The Morgan fingerprint density at radius 3 is 2.35 bits per heavy atom. The summed E-state index contributed by atoms with van der Waals surface area (Å²) in [7, 11) is 0. The molecule has 6 nitrogen and oxygen atoms in total. The average Bonchev–Trinajstić information content (AvgIpc) is 2.90. The van der Waals surface area contributed by atoms with Crippen molar-refractivity contribution in [3.63, 3.8) is 0 Å². The molecule has 0 saturated carbocycles. The van der Waals surface area contributed by atoms with Crippen LogP contribution in [0.5, 0.6) is 11.5 Å². The lowest BCUT2D eigenvalue weighted by Crippen LogP contribution is -2.23. The molecule has 0 spiro atoms. The maximum absolute atomic E-state index is 14.6. The van der Waals surface area contributed by atoms with Crippen LogP contribution in [0, 0.1) is 11.6 Å².